The molecule has 1 unspecified atom stereocenters. The van der Waals surface area contributed by atoms with E-state index in [1.54, 1.807) is 12.4 Å². The molecule has 2 rings (SSSR count). The van der Waals surface area contributed by atoms with Crippen molar-refractivity contribution in [2.24, 2.45) is 0 Å². The zero-order valence-corrected chi connectivity index (χ0v) is 9.50. The molecule has 1 amide bonds. The molecule has 0 spiro atoms. The Morgan fingerprint density at radius 1 is 1.56 bits per heavy atom. The number of hydrogen-bond acceptors (Lipinski definition) is 3. The molecule has 1 fully saturated rings. The first kappa shape index (κ1) is 10.9. The molecular weight excluding hydrogens is 204 g/mol. The number of rotatable bonds is 3. The average molecular weight is 220 g/mol. The SMILES string of the molecule is CC(C(=O)NC(C)c1ncc[nH]1)=C1CNC1. The maximum absolute atomic E-state index is 11.8. The second-order valence-corrected chi connectivity index (χ2v) is 4.00. The molecule has 1 aliphatic heterocycles. The highest BCUT2D eigenvalue weighted by molar-refractivity contribution is 5.94. The molecule has 0 saturated carbocycles. The quantitative estimate of drug-likeness (QED) is 0.650. The van der Waals surface area contributed by atoms with E-state index in [2.05, 4.69) is 20.6 Å². The summed E-state index contributed by atoms with van der Waals surface area (Å²) in [5.74, 6) is 0.762. The van der Waals surface area contributed by atoms with Crippen LogP contribution in [-0.2, 0) is 4.79 Å². The summed E-state index contributed by atoms with van der Waals surface area (Å²) in [6.45, 7) is 5.43. The minimum atomic E-state index is -0.0916. The van der Waals surface area contributed by atoms with Crippen LogP contribution in [0.4, 0.5) is 0 Å². The Balaban J connectivity index is 1.97. The van der Waals surface area contributed by atoms with Crippen molar-refractivity contribution in [1.29, 1.82) is 0 Å². The monoisotopic (exact) mass is 220 g/mol. The third-order valence-electron chi connectivity index (χ3n) is 2.82. The van der Waals surface area contributed by atoms with Crippen LogP contribution in [0.25, 0.3) is 0 Å². The Morgan fingerprint density at radius 3 is 2.81 bits per heavy atom. The van der Waals surface area contributed by atoms with Crippen LogP contribution in [0.3, 0.4) is 0 Å². The number of hydrogen-bond donors (Lipinski definition) is 3. The largest absolute Gasteiger partial charge is 0.347 e. The van der Waals surface area contributed by atoms with Crippen LogP contribution in [0.5, 0.6) is 0 Å². The first-order valence-corrected chi connectivity index (χ1v) is 5.38. The summed E-state index contributed by atoms with van der Waals surface area (Å²) in [4.78, 5) is 18.9. The zero-order chi connectivity index (χ0) is 11.5. The normalized spacial score (nSPS) is 16.5. The molecule has 1 aliphatic rings. The van der Waals surface area contributed by atoms with Crippen LogP contribution in [0.15, 0.2) is 23.5 Å². The Bertz CT molecular complexity index is 402. The van der Waals surface area contributed by atoms with Gasteiger partial charge in [0, 0.05) is 31.1 Å². The molecule has 86 valence electrons. The number of carbonyl (C=O) groups is 1. The Labute approximate surface area is 94.3 Å². The van der Waals surface area contributed by atoms with Gasteiger partial charge < -0.3 is 15.6 Å². The lowest BCUT2D eigenvalue weighted by Crippen LogP contribution is -2.38. The molecule has 0 bridgehead atoms. The molecule has 2 heterocycles. The van der Waals surface area contributed by atoms with E-state index in [4.69, 9.17) is 0 Å². The van der Waals surface area contributed by atoms with Gasteiger partial charge in [-0.3, -0.25) is 4.79 Å². The molecule has 0 radical (unpaired) electrons. The predicted molar refractivity (Wildman–Crippen MR) is 60.7 cm³/mol. The number of H-pyrrole nitrogens is 1. The van der Waals surface area contributed by atoms with Crippen LogP contribution in [-0.4, -0.2) is 29.0 Å². The summed E-state index contributed by atoms with van der Waals surface area (Å²) in [6, 6.07) is -0.0916. The van der Waals surface area contributed by atoms with Gasteiger partial charge in [0.15, 0.2) is 0 Å². The van der Waals surface area contributed by atoms with Crippen molar-refractivity contribution in [2.45, 2.75) is 19.9 Å². The fourth-order valence-corrected chi connectivity index (χ4v) is 1.56. The van der Waals surface area contributed by atoms with E-state index >= 15 is 0 Å². The lowest BCUT2D eigenvalue weighted by Gasteiger charge is -2.22. The third-order valence-corrected chi connectivity index (χ3v) is 2.82. The maximum atomic E-state index is 11.8. The van der Waals surface area contributed by atoms with Crippen LogP contribution in [0, 0.1) is 0 Å². The van der Waals surface area contributed by atoms with E-state index in [0.717, 1.165) is 24.5 Å². The van der Waals surface area contributed by atoms with Crippen LogP contribution in [0.2, 0.25) is 0 Å². The van der Waals surface area contributed by atoms with E-state index < -0.39 is 0 Å². The lowest BCUT2D eigenvalue weighted by atomic mass is 10.0. The first-order valence-electron chi connectivity index (χ1n) is 5.38. The second-order valence-electron chi connectivity index (χ2n) is 4.00. The molecule has 16 heavy (non-hydrogen) atoms. The fourth-order valence-electron chi connectivity index (χ4n) is 1.56. The highest BCUT2D eigenvalue weighted by atomic mass is 16.1. The number of amides is 1. The summed E-state index contributed by atoms with van der Waals surface area (Å²) in [5.41, 5.74) is 2.00. The average Bonchev–Trinajstić information content (AvgIpc) is 2.67. The fraction of sp³-hybridized carbons (Fsp3) is 0.455. The molecule has 1 aromatic heterocycles. The molecule has 1 saturated heterocycles. The van der Waals surface area contributed by atoms with E-state index in [1.165, 1.54) is 5.57 Å². The van der Waals surface area contributed by atoms with Gasteiger partial charge in [0.2, 0.25) is 5.91 Å². The van der Waals surface area contributed by atoms with Crippen molar-refractivity contribution < 1.29 is 4.79 Å². The minimum Gasteiger partial charge on any atom is -0.347 e. The Morgan fingerprint density at radius 2 is 2.31 bits per heavy atom. The molecule has 0 aliphatic carbocycles. The van der Waals surface area contributed by atoms with E-state index in [1.807, 2.05) is 13.8 Å². The number of imidazole rings is 1. The summed E-state index contributed by atoms with van der Waals surface area (Å²) in [7, 11) is 0. The van der Waals surface area contributed by atoms with E-state index in [9.17, 15) is 4.79 Å². The Hall–Kier alpha value is -1.62. The summed E-state index contributed by atoms with van der Waals surface area (Å²) >= 11 is 0. The van der Waals surface area contributed by atoms with Gasteiger partial charge in [-0.15, -0.1) is 0 Å². The van der Waals surface area contributed by atoms with Gasteiger partial charge in [-0.05, 0) is 19.4 Å². The number of carbonyl (C=O) groups excluding carboxylic acids is 1. The molecule has 5 nitrogen and oxygen atoms in total. The van der Waals surface area contributed by atoms with Gasteiger partial charge in [0.05, 0.1) is 6.04 Å². The first-order chi connectivity index (χ1) is 7.68. The van der Waals surface area contributed by atoms with Crippen molar-refractivity contribution in [2.75, 3.05) is 13.1 Å². The van der Waals surface area contributed by atoms with Crippen molar-refractivity contribution in [3.63, 3.8) is 0 Å². The standard InChI is InChI=1S/C11H16N4O/c1-7(9-5-12-6-9)11(16)15-8(2)10-13-3-4-14-10/h3-4,8,12H,5-6H2,1-2H3,(H,13,14)(H,15,16). The number of nitrogens with one attached hydrogen (secondary N) is 3. The Kier molecular flexibility index (Phi) is 3.05. The molecule has 1 atom stereocenters. The van der Waals surface area contributed by atoms with Gasteiger partial charge in [-0.2, -0.15) is 0 Å². The number of aromatic amines is 1. The van der Waals surface area contributed by atoms with Crippen LogP contribution in [0.1, 0.15) is 25.7 Å². The highest BCUT2D eigenvalue weighted by Crippen LogP contribution is 2.11. The van der Waals surface area contributed by atoms with Crippen molar-refractivity contribution in [3.8, 4) is 0 Å². The van der Waals surface area contributed by atoms with Gasteiger partial charge in [-0.1, -0.05) is 0 Å². The molecular formula is C11H16N4O. The predicted octanol–water partition coefficient (Wildman–Crippen LogP) is 0.507. The van der Waals surface area contributed by atoms with E-state index in [0.29, 0.717) is 0 Å². The molecule has 1 aromatic rings. The maximum Gasteiger partial charge on any atom is 0.247 e. The summed E-state index contributed by atoms with van der Waals surface area (Å²) < 4.78 is 0. The second kappa shape index (κ2) is 4.49. The van der Waals surface area contributed by atoms with Gasteiger partial charge in [0.25, 0.3) is 0 Å². The zero-order valence-electron chi connectivity index (χ0n) is 9.50. The van der Waals surface area contributed by atoms with Crippen molar-refractivity contribution in [1.82, 2.24) is 20.6 Å². The highest BCUT2D eigenvalue weighted by Gasteiger charge is 2.18. The summed E-state index contributed by atoms with van der Waals surface area (Å²) in [5, 5.41) is 6.03. The van der Waals surface area contributed by atoms with Crippen LogP contribution < -0.4 is 10.6 Å². The number of aromatic nitrogens is 2. The van der Waals surface area contributed by atoms with Gasteiger partial charge in [0.1, 0.15) is 5.82 Å². The van der Waals surface area contributed by atoms with Crippen molar-refractivity contribution >= 4 is 5.91 Å². The van der Waals surface area contributed by atoms with Gasteiger partial charge >= 0.3 is 0 Å². The van der Waals surface area contributed by atoms with E-state index in [-0.39, 0.29) is 11.9 Å². The number of nitrogens with zero attached hydrogens (tertiary/aromatic N) is 1. The minimum absolute atomic E-state index is 0.0135. The lowest BCUT2D eigenvalue weighted by molar-refractivity contribution is -0.118. The molecule has 5 heteroatoms. The van der Waals surface area contributed by atoms with Gasteiger partial charge in [-0.25, -0.2) is 4.98 Å². The van der Waals surface area contributed by atoms with Crippen molar-refractivity contribution in [3.05, 3.63) is 29.4 Å². The topological polar surface area (TPSA) is 69.8 Å². The third kappa shape index (κ3) is 2.14. The smallest absolute Gasteiger partial charge is 0.247 e. The molecule has 0 aromatic carbocycles. The summed E-state index contributed by atoms with van der Waals surface area (Å²) in [6.07, 6.45) is 3.43. The molecule has 3 N–H and O–H groups in total. The van der Waals surface area contributed by atoms with Crippen LogP contribution >= 0.6 is 0 Å².